The summed E-state index contributed by atoms with van der Waals surface area (Å²) in [5.41, 5.74) is -0.402. The van der Waals surface area contributed by atoms with Crippen LogP contribution in [0.1, 0.15) is 28.2 Å². The van der Waals surface area contributed by atoms with Crippen molar-refractivity contribution in [1.29, 1.82) is 0 Å². The molecule has 1 atom stereocenters. The zero-order valence-electron chi connectivity index (χ0n) is 15.2. The molecule has 0 saturated carbocycles. The third kappa shape index (κ3) is 4.53. The summed E-state index contributed by atoms with van der Waals surface area (Å²) in [5.74, 6) is -1.19. The van der Waals surface area contributed by atoms with E-state index >= 15 is 0 Å². The largest absolute Gasteiger partial charge is 0.409 e. The fourth-order valence-electron chi connectivity index (χ4n) is 2.56. The van der Waals surface area contributed by atoms with Gasteiger partial charge in [0.25, 0.3) is 15.9 Å². The van der Waals surface area contributed by atoms with Gasteiger partial charge in [-0.2, -0.15) is 17.5 Å². The van der Waals surface area contributed by atoms with Gasteiger partial charge in [0.15, 0.2) is 0 Å². The summed E-state index contributed by atoms with van der Waals surface area (Å²) in [6.07, 6.45) is -4.93. The number of carbonyl (C=O) groups excluding carboxylic acids is 1. The zero-order chi connectivity index (χ0) is 21.3. The van der Waals surface area contributed by atoms with Gasteiger partial charge < -0.3 is 4.90 Å². The van der Waals surface area contributed by atoms with Crippen LogP contribution in [0.25, 0.3) is 0 Å². The topological polar surface area (TPSA) is 57.7 Å². The lowest BCUT2D eigenvalue weighted by Gasteiger charge is -2.31. The molecule has 0 fully saturated rings. The van der Waals surface area contributed by atoms with E-state index in [1.807, 2.05) is 0 Å². The number of halogens is 4. The third-order valence-electron chi connectivity index (χ3n) is 3.86. The Bertz CT molecular complexity index is 938. The lowest BCUT2D eigenvalue weighted by molar-refractivity contribution is -0.173. The molecule has 1 aromatic carbocycles. The fourth-order valence-corrected chi connectivity index (χ4v) is 5.63. The van der Waals surface area contributed by atoms with E-state index in [1.165, 1.54) is 32.0 Å². The van der Waals surface area contributed by atoms with Crippen LogP contribution in [0.5, 0.6) is 0 Å². The minimum Gasteiger partial charge on any atom is -0.344 e. The first kappa shape index (κ1) is 22.3. The summed E-state index contributed by atoms with van der Waals surface area (Å²) in [7, 11) is -1.61. The number of carbonyl (C=O) groups is 1. The molecule has 154 valence electrons. The van der Waals surface area contributed by atoms with E-state index in [-0.39, 0.29) is 9.09 Å². The van der Waals surface area contributed by atoms with E-state index in [9.17, 15) is 30.8 Å². The van der Waals surface area contributed by atoms with Gasteiger partial charge in [-0.05, 0) is 29.8 Å². The maximum atomic E-state index is 13.8. The molecule has 11 heteroatoms. The van der Waals surface area contributed by atoms with Crippen LogP contribution in [0.4, 0.5) is 17.6 Å². The average Bonchev–Trinajstić information content (AvgIpc) is 3.09. The number of rotatable bonds is 6. The van der Waals surface area contributed by atoms with Crippen LogP contribution < -0.4 is 0 Å². The second-order valence-electron chi connectivity index (χ2n) is 6.02. The van der Waals surface area contributed by atoms with E-state index in [4.69, 9.17) is 0 Å². The molecule has 1 heterocycles. The molecule has 0 N–H and O–H groups in total. The first-order valence-corrected chi connectivity index (χ1v) is 10.3. The third-order valence-corrected chi connectivity index (χ3v) is 7.34. The Morgan fingerprint density at radius 3 is 2.14 bits per heavy atom. The number of sulfonamides is 1. The van der Waals surface area contributed by atoms with Gasteiger partial charge >= 0.3 is 6.18 Å². The highest BCUT2D eigenvalue weighted by Gasteiger charge is 2.49. The molecule has 1 aromatic heterocycles. The van der Waals surface area contributed by atoms with Crippen LogP contribution in [0.3, 0.4) is 0 Å². The first-order valence-electron chi connectivity index (χ1n) is 8.05. The molecular formula is C17H18F4N2O3S2. The van der Waals surface area contributed by atoms with E-state index in [0.717, 1.165) is 30.3 Å². The monoisotopic (exact) mass is 438 g/mol. The molecule has 0 aliphatic heterocycles. The van der Waals surface area contributed by atoms with Gasteiger partial charge in [0.05, 0.1) is 4.88 Å². The van der Waals surface area contributed by atoms with Crippen molar-refractivity contribution in [2.24, 2.45) is 0 Å². The second-order valence-corrected chi connectivity index (χ2v) is 9.22. The second kappa shape index (κ2) is 8.18. The fraction of sp³-hybridized carbons (Fsp3) is 0.353. The Balaban J connectivity index is 2.53. The highest BCUT2D eigenvalue weighted by Crippen LogP contribution is 2.41. The Hall–Kier alpha value is -1.98. The number of thiophene rings is 1. The minimum atomic E-state index is -4.93. The van der Waals surface area contributed by atoms with Crippen LogP contribution in [0.2, 0.25) is 0 Å². The summed E-state index contributed by atoms with van der Waals surface area (Å²) >= 11 is 0.597. The standard InChI is InChI=1S/C17H18F4N2O3S2/c1-4-23(15(17(19,20)21)11-5-7-12(18)8-6-11)28(25,26)14-10-9-13(27-14)16(24)22(2)3/h5-10,15H,4H2,1-3H3. The number of benzene rings is 1. The molecule has 5 nitrogen and oxygen atoms in total. The summed E-state index contributed by atoms with van der Waals surface area (Å²) in [5, 5.41) is 0. The Morgan fingerprint density at radius 1 is 1.11 bits per heavy atom. The molecule has 0 spiro atoms. The molecule has 0 aliphatic rings. The molecule has 0 aliphatic carbocycles. The smallest absolute Gasteiger partial charge is 0.344 e. The Labute approximate surface area is 164 Å². The lowest BCUT2D eigenvalue weighted by Crippen LogP contribution is -2.42. The zero-order valence-corrected chi connectivity index (χ0v) is 16.8. The van der Waals surface area contributed by atoms with Gasteiger partial charge in [-0.15, -0.1) is 11.3 Å². The minimum absolute atomic E-state index is 0.0879. The Morgan fingerprint density at radius 2 is 1.68 bits per heavy atom. The van der Waals surface area contributed by atoms with Crippen LogP contribution in [0, 0.1) is 5.82 Å². The van der Waals surface area contributed by atoms with Crippen molar-refractivity contribution >= 4 is 27.3 Å². The van der Waals surface area contributed by atoms with Crippen molar-refractivity contribution in [2.45, 2.75) is 23.4 Å². The van der Waals surface area contributed by atoms with Crippen molar-refractivity contribution in [3.8, 4) is 0 Å². The van der Waals surface area contributed by atoms with Crippen molar-refractivity contribution < 1.29 is 30.8 Å². The predicted octanol–water partition coefficient (Wildman–Crippen LogP) is 3.90. The first-order chi connectivity index (χ1) is 12.9. The highest BCUT2D eigenvalue weighted by molar-refractivity contribution is 7.91. The van der Waals surface area contributed by atoms with E-state index in [2.05, 4.69) is 0 Å². The Kier molecular flexibility index (Phi) is 6.51. The van der Waals surface area contributed by atoms with Crippen molar-refractivity contribution in [3.63, 3.8) is 0 Å². The van der Waals surface area contributed by atoms with Crippen LogP contribution >= 0.6 is 11.3 Å². The van der Waals surface area contributed by atoms with Gasteiger partial charge in [0, 0.05) is 20.6 Å². The number of amides is 1. The number of hydrogen-bond donors (Lipinski definition) is 0. The van der Waals surface area contributed by atoms with E-state index in [0.29, 0.717) is 15.6 Å². The molecule has 1 unspecified atom stereocenters. The normalized spacial score (nSPS) is 13.6. The van der Waals surface area contributed by atoms with Crippen molar-refractivity contribution in [1.82, 2.24) is 9.21 Å². The molecule has 0 radical (unpaired) electrons. The van der Waals surface area contributed by atoms with Gasteiger partial charge in [-0.1, -0.05) is 19.1 Å². The predicted molar refractivity (Wildman–Crippen MR) is 97.1 cm³/mol. The van der Waals surface area contributed by atoms with Crippen molar-refractivity contribution in [3.05, 3.63) is 52.7 Å². The summed E-state index contributed by atoms with van der Waals surface area (Å²) < 4.78 is 80.2. The molecule has 2 rings (SSSR count). The average molecular weight is 438 g/mol. The molecule has 2 aromatic rings. The highest BCUT2D eigenvalue weighted by atomic mass is 32.2. The van der Waals surface area contributed by atoms with E-state index < -0.39 is 46.1 Å². The molecule has 0 bridgehead atoms. The maximum Gasteiger partial charge on any atom is 0.409 e. The lowest BCUT2D eigenvalue weighted by atomic mass is 10.1. The SMILES string of the molecule is CCN(C(c1ccc(F)cc1)C(F)(F)F)S(=O)(=O)c1ccc(C(=O)N(C)C)s1. The van der Waals surface area contributed by atoms with E-state index in [1.54, 1.807) is 0 Å². The van der Waals surface area contributed by atoms with Gasteiger partial charge in [-0.25, -0.2) is 12.8 Å². The van der Waals surface area contributed by atoms with Gasteiger partial charge in [0.2, 0.25) is 0 Å². The van der Waals surface area contributed by atoms with Gasteiger partial charge in [-0.3, -0.25) is 4.79 Å². The van der Waals surface area contributed by atoms with Crippen LogP contribution in [-0.2, 0) is 10.0 Å². The molecule has 28 heavy (non-hydrogen) atoms. The maximum absolute atomic E-state index is 13.8. The molecule has 0 saturated heterocycles. The van der Waals surface area contributed by atoms with Crippen molar-refractivity contribution in [2.75, 3.05) is 20.6 Å². The quantitative estimate of drug-likeness (QED) is 0.643. The molecule has 1 amide bonds. The van der Waals surface area contributed by atoms with Crippen LogP contribution in [-0.4, -0.2) is 50.3 Å². The molecular weight excluding hydrogens is 420 g/mol. The number of nitrogens with zero attached hydrogens (tertiary/aromatic N) is 2. The van der Waals surface area contributed by atoms with Crippen LogP contribution in [0.15, 0.2) is 40.6 Å². The number of hydrogen-bond acceptors (Lipinski definition) is 4. The van der Waals surface area contributed by atoms with Gasteiger partial charge in [0.1, 0.15) is 16.1 Å². The summed E-state index contributed by atoms with van der Waals surface area (Å²) in [4.78, 5) is 13.3. The summed E-state index contributed by atoms with van der Waals surface area (Å²) in [6, 6.07) is 3.37. The number of alkyl halides is 3. The summed E-state index contributed by atoms with van der Waals surface area (Å²) in [6.45, 7) is 0.804.